The maximum Gasteiger partial charge on any atom is 0.273 e. The average Bonchev–Trinajstić information content (AvgIpc) is 3.46. The van der Waals surface area contributed by atoms with Crippen molar-refractivity contribution in [2.24, 2.45) is 5.10 Å². The van der Waals surface area contributed by atoms with E-state index in [-0.39, 0.29) is 23.3 Å². The van der Waals surface area contributed by atoms with E-state index in [4.69, 9.17) is 4.42 Å². The van der Waals surface area contributed by atoms with E-state index in [9.17, 15) is 9.59 Å². The summed E-state index contributed by atoms with van der Waals surface area (Å²) >= 11 is 2.85. The normalized spacial score (nSPS) is 16.4. The fourth-order valence-electron chi connectivity index (χ4n) is 3.00. The van der Waals surface area contributed by atoms with Crippen molar-refractivity contribution in [3.05, 3.63) is 69.2 Å². The summed E-state index contributed by atoms with van der Waals surface area (Å²) in [4.78, 5) is 29.7. The third-order valence-corrected chi connectivity index (χ3v) is 6.31. The number of furan rings is 1. The number of thiophene rings is 1. The molecule has 1 aliphatic rings. The van der Waals surface area contributed by atoms with Crippen LogP contribution in [-0.2, 0) is 11.3 Å². The van der Waals surface area contributed by atoms with E-state index in [1.54, 1.807) is 23.8 Å². The van der Waals surface area contributed by atoms with E-state index in [1.165, 1.54) is 22.8 Å². The van der Waals surface area contributed by atoms with Gasteiger partial charge in [0.15, 0.2) is 5.16 Å². The topological polar surface area (TPSA) is 80.7 Å². The number of aromatic nitrogens is 2. The third kappa shape index (κ3) is 3.81. The second-order valence-electron chi connectivity index (χ2n) is 6.12. The molecule has 3 aromatic heterocycles. The molecule has 0 aliphatic carbocycles. The molecular weight excluding hydrogens is 396 g/mol. The van der Waals surface area contributed by atoms with Gasteiger partial charge in [-0.2, -0.15) is 10.1 Å². The summed E-state index contributed by atoms with van der Waals surface area (Å²) in [5, 5.41) is 8.61. The van der Waals surface area contributed by atoms with Crippen LogP contribution in [-0.4, -0.2) is 31.9 Å². The summed E-state index contributed by atoms with van der Waals surface area (Å²) in [6.45, 7) is 2.64. The molecule has 4 rings (SSSR count). The van der Waals surface area contributed by atoms with Crippen LogP contribution in [0.15, 0.2) is 67.6 Å². The van der Waals surface area contributed by atoms with Gasteiger partial charge in [-0.15, -0.1) is 11.3 Å². The molecule has 1 atom stereocenters. The maximum atomic E-state index is 13.0. The van der Waals surface area contributed by atoms with Crippen LogP contribution in [0.2, 0.25) is 0 Å². The van der Waals surface area contributed by atoms with Crippen LogP contribution in [0.3, 0.4) is 0 Å². The fraction of sp³-hybridized carbons (Fsp3) is 0.263. The maximum absolute atomic E-state index is 13.0. The standard InChI is InChI=1S/C19H18N4O3S2/c1-2-22-8-7-17(24)20-19(22)28-12-18(25)23-14(16-6-4-10-27-16)11-13(21-23)15-5-3-9-26-15/h3-10,14H,2,11-12H2,1H3. The minimum absolute atomic E-state index is 0.134. The second kappa shape index (κ2) is 8.15. The van der Waals surface area contributed by atoms with Crippen molar-refractivity contribution in [1.29, 1.82) is 0 Å². The Kier molecular flexibility index (Phi) is 5.45. The van der Waals surface area contributed by atoms with Crippen molar-refractivity contribution in [3.8, 4) is 0 Å². The SMILES string of the molecule is CCn1ccc(=O)nc1SCC(=O)N1N=C(c2ccco2)CC1c1cccs1. The molecule has 0 N–H and O–H groups in total. The minimum atomic E-state index is -0.310. The average molecular weight is 415 g/mol. The van der Waals surface area contributed by atoms with Crippen LogP contribution < -0.4 is 5.56 Å². The zero-order valence-corrected chi connectivity index (χ0v) is 16.8. The lowest BCUT2D eigenvalue weighted by molar-refractivity contribution is -0.130. The number of hydrazone groups is 1. The first-order valence-corrected chi connectivity index (χ1v) is 10.7. The Bertz CT molecular complexity index is 1040. The zero-order chi connectivity index (χ0) is 19.5. The van der Waals surface area contributed by atoms with Crippen molar-refractivity contribution < 1.29 is 9.21 Å². The summed E-state index contributed by atoms with van der Waals surface area (Å²) in [6.07, 6.45) is 3.90. The van der Waals surface area contributed by atoms with Gasteiger partial charge in [-0.05, 0) is 30.5 Å². The highest BCUT2D eigenvalue weighted by molar-refractivity contribution is 7.99. The van der Waals surface area contributed by atoms with E-state index in [0.717, 1.165) is 10.6 Å². The Morgan fingerprint density at radius 1 is 1.36 bits per heavy atom. The van der Waals surface area contributed by atoms with Crippen molar-refractivity contribution >= 4 is 34.7 Å². The molecule has 1 aliphatic heterocycles. The van der Waals surface area contributed by atoms with Gasteiger partial charge in [-0.25, -0.2) is 5.01 Å². The minimum Gasteiger partial charge on any atom is -0.463 e. The fourth-order valence-corrected chi connectivity index (χ4v) is 4.70. The van der Waals surface area contributed by atoms with Crippen LogP contribution in [0.1, 0.15) is 30.0 Å². The van der Waals surface area contributed by atoms with Crippen molar-refractivity contribution in [3.63, 3.8) is 0 Å². The molecule has 0 saturated carbocycles. The molecule has 144 valence electrons. The number of aryl methyl sites for hydroxylation is 1. The van der Waals surface area contributed by atoms with E-state index in [0.29, 0.717) is 23.9 Å². The molecule has 1 amide bonds. The Labute approximate surface area is 169 Å². The van der Waals surface area contributed by atoms with E-state index >= 15 is 0 Å². The number of nitrogens with zero attached hydrogens (tertiary/aromatic N) is 4. The number of carbonyl (C=O) groups is 1. The molecule has 4 heterocycles. The van der Waals surface area contributed by atoms with Gasteiger partial charge in [0.05, 0.1) is 18.1 Å². The summed E-state index contributed by atoms with van der Waals surface area (Å²) in [6, 6.07) is 8.91. The number of thioether (sulfide) groups is 1. The smallest absolute Gasteiger partial charge is 0.273 e. The number of amides is 1. The summed E-state index contributed by atoms with van der Waals surface area (Å²) in [5.74, 6) is 0.688. The molecule has 7 nitrogen and oxygen atoms in total. The summed E-state index contributed by atoms with van der Waals surface area (Å²) < 4.78 is 7.31. The lowest BCUT2D eigenvalue weighted by Gasteiger charge is -2.20. The first-order chi connectivity index (χ1) is 13.7. The molecule has 0 fully saturated rings. The second-order valence-corrected chi connectivity index (χ2v) is 8.04. The van der Waals surface area contributed by atoms with Crippen molar-refractivity contribution in [1.82, 2.24) is 14.6 Å². The number of hydrogen-bond acceptors (Lipinski definition) is 7. The van der Waals surface area contributed by atoms with Crippen LogP contribution in [0.25, 0.3) is 0 Å². The molecule has 0 saturated heterocycles. The highest BCUT2D eigenvalue weighted by atomic mass is 32.2. The van der Waals surface area contributed by atoms with Crippen molar-refractivity contribution in [2.45, 2.75) is 31.1 Å². The molecule has 0 bridgehead atoms. The Morgan fingerprint density at radius 2 is 2.25 bits per heavy atom. The molecule has 1 unspecified atom stereocenters. The lowest BCUT2D eigenvalue weighted by Crippen LogP contribution is -2.28. The van der Waals surface area contributed by atoms with E-state index in [2.05, 4.69) is 10.1 Å². The van der Waals surface area contributed by atoms with Gasteiger partial charge >= 0.3 is 0 Å². The van der Waals surface area contributed by atoms with Crippen molar-refractivity contribution in [2.75, 3.05) is 5.75 Å². The molecule has 0 spiro atoms. The molecule has 9 heteroatoms. The van der Waals surface area contributed by atoms with Crippen LogP contribution in [0.5, 0.6) is 0 Å². The number of rotatable bonds is 6. The summed E-state index contributed by atoms with van der Waals surface area (Å²) in [5.41, 5.74) is 0.445. The molecule has 0 aromatic carbocycles. The van der Waals surface area contributed by atoms with E-state index < -0.39 is 0 Å². The largest absolute Gasteiger partial charge is 0.463 e. The van der Waals surface area contributed by atoms with Crippen LogP contribution in [0.4, 0.5) is 0 Å². The number of carbonyl (C=O) groups excluding carboxylic acids is 1. The molecule has 3 aromatic rings. The highest BCUT2D eigenvalue weighted by Gasteiger charge is 2.34. The molecular formula is C19H18N4O3S2. The quantitative estimate of drug-likeness (QED) is 0.456. The van der Waals surface area contributed by atoms with Crippen LogP contribution >= 0.6 is 23.1 Å². The monoisotopic (exact) mass is 414 g/mol. The first-order valence-electron chi connectivity index (χ1n) is 8.83. The lowest BCUT2D eigenvalue weighted by atomic mass is 10.1. The predicted octanol–water partition coefficient (Wildman–Crippen LogP) is 3.39. The molecule has 28 heavy (non-hydrogen) atoms. The van der Waals surface area contributed by atoms with Gasteiger partial charge in [-0.3, -0.25) is 9.59 Å². The number of hydrogen-bond donors (Lipinski definition) is 0. The van der Waals surface area contributed by atoms with Gasteiger partial charge in [-0.1, -0.05) is 17.8 Å². The Balaban J connectivity index is 1.55. The predicted molar refractivity (Wildman–Crippen MR) is 109 cm³/mol. The van der Waals surface area contributed by atoms with Gasteiger partial charge in [0.1, 0.15) is 11.5 Å². The highest BCUT2D eigenvalue weighted by Crippen LogP contribution is 2.35. The first kappa shape index (κ1) is 18.7. The van der Waals surface area contributed by atoms with Gasteiger partial charge in [0.25, 0.3) is 11.5 Å². The molecule has 0 radical (unpaired) electrons. The van der Waals surface area contributed by atoms with Gasteiger partial charge in [0, 0.05) is 30.1 Å². The third-order valence-electron chi connectivity index (χ3n) is 4.36. The summed E-state index contributed by atoms with van der Waals surface area (Å²) in [7, 11) is 0. The van der Waals surface area contributed by atoms with E-state index in [1.807, 2.05) is 41.1 Å². The van der Waals surface area contributed by atoms with Gasteiger partial charge < -0.3 is 8.98 Å². The van der Waals surface area contributed by atoms with Crippen LogP contribution in [0, 0.1) is 0 Å². The Morgan fingerprint density at radius 3 is 2.96 bits per heavy atom. The zero-order valence-electron chi connectivity index (χ0n) is 15.1. The Hall–Kier alpha value is -2.65. The van der Waals surface area contributed by atoms with Gasteiger partial charge in [0.2, 0.25) is 0 Å².